The molecule has 0 aliphatic rings. The number of rotatable bonds is 5. The van der Waals surface area contributed by atoms with Crippen LogP contribution in [0.5, 0.6) is 0 Å². The predicted octanol–water partition coefficient (Wildman–Crippen LogP) is -2.82. The van der Waals surface area contributed by atoms with E-state index in [-0.39, 0.29) is 27.4 Å². The van der Waals surface area contributed by atoms with Gasteiger partial charge in [-0.3, -0.25) is 0 Å². The van der Waals surface area contributed by atoms with Gasteiger partial charge in [0, 0.05) is 0 Å². The first-order chi connectivity index (χ1) is 4.31. The van der Waals surface area contributed by atoms with Crippen LogP contribution in [-0.2, 0) is 9.57 Å². The minimum atomic E-state index is 0.000517. The molecule has 0 bridgehead atoms. The van der Waals surface area contributed by atoms with Gasteiger partial charge in [0.05, 0.1) is 0 Å². The third-order valence-electron chi connectivity index (χ3n) is 0.767. The summed E-state index contributed by atoms with van der Waals surface area (Å²) in [6.45, 7) is 1.90. The van der Waals surface area contributed by atoms with Crippen LogP contribution in [0.15, 0.2) is 0 Å². The third kappa shape index (κ3) is 6.50. The van der Waals surface area contributed by atoms with E-state index in [0.717, 1.165) is 4.61 Å². The van der Waals surface area contributed by atoms with Gasteiger partial charge in [-0.15, -0.1) is 0 Å². The Morgan fingerprint density at radius 1 is 1.67 bits per heavy atom. The molecule has 0 aromatic heterocycles. The van der Waals surface area contributed by atoms with E-state index in [2.05, 4.69) is 10.4 Å². The predicted molar refractivity (Wildman–Crippen MR) is 31.5 cm³/mol. The average Bonchev–Trinajstić information content (AvgIpc) is 1.89. The maximum atomic E-state index is 5.01. The van der Waals surface area contributed by atoms with Crippen molar-refractivity contribution in [2.24, 2.45) is 0 Å². The molecular formula is C5H13INO2-. The average molecular weight is 246 g/mol. The number of hydrogen-bond donors (Lipinski definition) is 1. The van der Waals surface area contributed by atoms with Gasteiger partial charge in [-0.2, -0.15) is 0 Å². The molecule has 0 aliphatic carbocycles. The molecule has 0 heterocycles. The summed E-state index contributed by atoms with van der Waals surface area (Å²) < 4.78 is 5.71. The van der Waals surface area contributed by atoms with Crippen molar-refractivity contribution in [1.82, 2.24) is 5.48 Å². The van der Waals surface area contributed by atoms with Crippen LogP contribution in [0, 0.1) is 0 Å². The summed E-state index contributed by atoms with van der Waals surface area (Å²) in [6, 6.07) is 0. The maximum absolute atomic E-state index is 5.01. The van der Waals surface area contributed by atoms with Crippen molar-refractivity contribution in [2.45, 2.75) is 13.2 Å². The van der Waals surface area contributed by atoms with E-state index in [4.69, 9.17) is 9.57 Å². The van der Waals surface area contributed by atoms with E-state index >= 15 is 0 Å². The van der Waals surface area contributed by atoms with Crippen LogP contribution in [0.2, 0.25) is 0 Å². The molecule has 0 aromatic carbocycles. The van der Waals surface area contributed by atoms with Crippen LogP contribution in [0.3, 0.4) is 0 Å². The fraction of sp³-hybridized carbons (Fsp3) is 1.00. The van der Waals surface area contributed by atoms with Gasteiger partial charge in [0.2, 0.25) is 0 Å². The van der Waals surface area contributed by atoms with Gasteiger partial charge in [-0.25, -0.2) is 0 Å². The van der Waals surface area contributed by atoms with Crippen LogP contribution in [0.4, 0.5) is 0 Å². The summed E-state index contributed by atoms with van der Waals surface area (Å²) >= 11 is 0.230. The fourth-order valence-corrected chi connectivity index (χ4v) is 0.743. The summed E-state index contributed by atoms with van der Waals surface area (Å²) in [4.78, 5) is 7.17. The first-order valence-electron chi connectivity index (χ1n) is 2.65. The van der Waals surface area contributed by atoms with Gasteiger partial charge in [0.25, 0.3) is 0 Å². The standard InChI is InChI=1S/C5H13INO2/c1-5(8-3)7-9-4-6-2/h5,7H,4H2,1-3H3/q-1. The van der Waals surface area contributed by atoms with E-state index in [1.54, 1.807) is 7.11 Å². The van der Waals surface area contributed by atoms with Gasteiger partial charge < -0.3 is 0 Å². The van der Waals surface area contributed by atoms with Crippen molar-refractivity contribution in [2.75, 3.05) is 16.7 Å². The van der Waals surface area contributed by atoms with Crippen LogP contribution < -0.4 is 26.7 Å². The van der Waals surface area contributed by atoms with E-state index in [1.165, 1.54) is 0 Å². The zero-order valence-corrected chi connectivity index (χ0v) is 8.14. The fourth-order valence-electron chi connectivity index (χ4n) is 0.252. The first-order valence-corrected chi connectivity index (χ1v) is 6.33. The number of alkyl halides is 2. The van der Waals surface area contributed by atoms with Crippen molar-refractivity contribution < 1.29 is 30.8 Å². The summed E-state index contributed by atoms with van der Waals surface area (Å²) in [7, 11) is 1.64. The van der Waals surface area contributed by atoms with Crippen molar-refractivity contribution in [1.29, 1.82) is 0 Å². The molecule has 1 atom stereocenters. The monoisotopic (exact) mass is 246 g/mol. The van der Waals surface area contributed by atoms with E-state index < -0.39 is 0 Å². The molecule has 58 valence electrons. The number of methoxy groups -OCH3 is 1. The molecule has 1 unspecified atom stereocenters. The van der Waals surface area contributed by atoms with Gasteiger partial charge in [0.15, 0.2) is 0 Å². The summed E-state index contributed by atoms with van der Waals surface area (Å²) in [6.07, 6.45) is 0.000517. The molecule has 4 heteroatoms. The Morgan fingerprint density at radius 2 is 2.33 bits per heavy atom. The molecule has 0 aliphatic heterocycles. The number of hydroxylamine groups is 1. The molecule has 0 radical (unpaired) electrons. The van der Waals surface area contributed by atoms with Crippen molar-refractivity contribution in [3.05, 3.63) is 0 Å². The Labute approximate surface area is 66.3 Å². The molecule has 0 rings (SSSR count). The molecule has 0 saturated heterocycles. The SMILES string of the molecule is COC(C)NOC[I-]C. The zero-order valence-electron chi connectivity index (χ0n) is 5.98. The summed E-state index contributed by atoms with van der Waals surface area (Å²) in [5, 5.41) is 0. The van der Waals surface area contributed by atoms with Gasteiger partial charge >= 0.3 is 66.1 Å². The van der Waals surface area contributed by atoms with Crippen LogP contribution in [0.25, 0.3) is 0 Å². The first kappa shape index (κ1) is 9.61. The zero-order chi connectivity index (χ0) is 7.11. The van der Waals surface area contributed by atoms with E-state index in [0.29, 0.717) is 0 Å². The molecule has 1 N–H and O–H groups in total. The Balaban J connectivity index is 2.88. The second-order valence-corrected chi connectivity index (χ2v) is 3.66. The van der Waals surface area contributed by atoms with E-state index in [9.17, 15) is 0 Å². The summed E-state index contributed by atoms with van der Waals surface area (Å²) in [5.74, 6) is 0. The Morgan fingerprint density at radius 3 is 2.78 bits per heavy atom. The van der Waals surface area contributed by atoms with Gasteiger partial charge in [0.1, 0.15) is 0 Å². The topological polar surface area (TPSA) is 30.5 Å². The molecule has 0 aromatic rings. The number of nitrogens with one attached hydrogen (secondary N) is 1. The number of hydrogen-bond acceptors (Lipinski definition) is 3. The summed E-state index contributed by atoms with van der Waals surface area (Å²) in [5.41, 5.74) is 2.74. The van der Waals surface area contributed by atoms with Crippen LogP contribution in [-0.4, -0.2) is 22.9 Å². The molecule has 9 heavy (non-hydrogen) atoms. The Bertz CT molecular complexity index is 62.9. The van der Waals surface area contributed by atoms with Crippen LogP contribution in [0.1, 0.15) is 6.92 Å². The molecule has 3 nitrogen and oxygen atoms in total. The minimum absolute atomic E-state index is 0.000517. The molecule has 0 fully saturated rings. The quantitative estimate of drug-likeness (QED) is 0.186. The Kier molecular flexibility index (Phi) is 7.18. The van der Waals surface area contributed by atoms with Crippen molar-refractivity contribution in [3.63, 3.8) is 0 Å². The third-order valence-corrected chi connectivity index (χ3v) is 1.70. The van der Waals surface area contributed by atoms with Gasteiger partial charge in [-0.05, 0) is 0 Å². The molecular weight excluding hydrogens is 233 g/mol. The number of halogens is 1. The normalized spacial score (nSPS) is 14.1. The molecule has 0 saturated carbocycles. The van der Waals surface area contributed by atoms with Crippen molar-refractivity contribution >= 4 is 0 Å². The van der Waals surface area contributed by atoms with Crippen molar-refractivity contribution in [3.8, 4) is 0 Å². The second-order valence-electron chi connectivity index (χ2n) is 1.52. The Hall–Kier alpha value is 0.610. The number of ether oxygens (including phenoxy) is 1. The van der Waals surface area contributed by atoms with E-state index in [1.807, 2.05) is 6.92 Å². The van der Waals surface area contributed by atoms with Crippen LogP contribution >= 0.6 is 0 Å². The second kappa shape index (κ2) is 6.73. The molecule has 0 amide bonds. The molecule has 0 spiro atoms. The van der Waals surface area contributed by atoms with Gasteiger partial charge in [-0.1, -0.05) is 0 Å².